The molecule has 0 radical (unpaired) electrons. The monoisotopic (exact) mass is 352 g/mol. The average molecular weight is 352 g/mol. The van der Waals surface area contributed by atoms with E-state index in [4.69, 9.17) is 4.74 Å². The first-order valence-electron chi connectivity index (χ1n) is 8.61. The van der Waals surface area contributed by atoms with Crippen LogP contribution in [0.2, 0.25) is 0 Å². The van der Waals surface area contributed by atoms with E-state index < -0.39 is 11.2 Å². The van der Waals surface area contributed by atoms with Crippen LogP contribution in [0.25, 0.3) is 0 Å². The molecule has 2 rings (SSSR count). The Kier molecular flexibility index (Phi) is 6.55. The minimum absolute atomic E-state index is 0.0388. The minimum atomic E-state index is -0.487. The number of methoxy groups -OCH3 is 1. The van der Waals surface area contributed by atoms with Crippen molar-refractivity contribution >= 4 is 5.91 Å². The van der Waals surface area contributed by atoms with Gasteiger partial charge in [-0.05, 0) is 11.8 Å². The maximum absolute atomic E-state index is 12.4. The summed E-state index contributed by atoms with van der Waals surface area (Å²) in [6, 6.07) is 0.0518. The molecule has 0 aliphatic carbocycles. The summed E-state index contributed by atoms with van der Waals surface area (Å²) in [4.78, 5) is 40.6. The number of nitrogens with one attached hydrogen (secondary N) is 2. The van der Waals surface area contributed by atoms with E-state index in [1.807, 2.05) is 0 Å². The number of ether oxygens (including phenoxy) is 1. The van der Waals surface area contributed by atoms with E-state index in [-0.39, 0.29) is 23.9 Å². The highest BCUT2D eigenvalue weighted by Gasteiger charge is 2.35. The summed E-state index contributed by atoms with van der Waals surface area (Å²) in [7, 11) is 3.07. The van der Waals surface area contributed by atoms with Crippen LogP contribution in [-0.4, -0.2) is 59.8 Å². The zero-order chi connectivity index (χ0) is 18.6. The predicted molar refractivity (Wildman–Crippen MR) is 94.6 cm³/mol. The maximum atomic E-state index is 12.4. The van der Waals surface area contributed by atoms with Crippen LogP contribution in [0.1, 0.15) is 19.4 Å². The Bertz CT molecular complexity index is 709. The van der Waals surface area contributed by atoms with Crippen LogP contribution in [-0.2, 0) is 23.0 Å². The fourth-order valence-electron chi connectivity index (χ4n) is 3.32. The quantitative estimate of drug-likeness (QED) is 0.679. The molecular weight excluding hydrogens is 324 g/mol. The van der Waals surface area contributed by atoms with Crippen LogP contribution in [0.15, 0.2) is 15.8 Å². The molecule has 8 heteroatoms. The molecule has 2 heterocycles. The summed E-state index contributed by atoms with van der Waals surface area (Å²) in [5.74, 6) is 0.603. The Morgan fingerprint density at radius 3 is 2.76 bits per heavy atom. The second-order valence-corrected chi connectivity index (χ2v) is 6.99. The zero-order valence-electron chi connectivity index (χ0n) is 15.4. The lowest BCUT2D eigenvalue weighted by molar-refractivity contribution is -0.121. The number of carbonyl (C=O) groups is 1. The van der Waals surface area contributed by atoms with Gasteiger partial charge in [0.15, 0.2) is 0 Å². The number of hydrogen-bond acceptors (Lipinski definition) is 5. The summed E-state index contributed by atoms with van der Waals surface area (Å²) in [6.45, 7) is 7.52. The number of H-pyrrole nitrogens is 1. The van der Waals surface area contributed by atoms with Gasteiger partial charge >= 0.3 is 5.69 Å². The molecule has 25 heavy (non-hydrogen) atoms. The van der Waals surface area contributed by atoms with Crippen LogP contribution in [0.5, 0.6) is 0 Å². The first-order chi connectivity index (χ1) is 11.8. The Balaban J connectivity index is 2.02. The van der Waals surface area contributed by atoms with Crippen molar-refractivity contribution in [3.05, 3.63) is 32.6 Å². The second kappa shape index (κ2) is 8.44. The molecule has 0 unspecified atom stereocenters. The van der Waals surface area contributed by atoms with Gasteiger partial charge in [-0.2, -0.15) is 0 Å². The highest BCUT2D eigenvalue weighted by Crippen LogP contribution is 2.24. The number of likely N-dealkylation sites (tertiary alicyclic amines) is 1. The molecule has 1 aromatic rings. The molecule has 1 saturated heterocycles. The van der Waals surface area contributed by atoms with E-state index >= 15 is 0 Å². The van der Waals surface area contributed by atoms with Gasteiger partial charge in [0.2, 0.25) is 5.91 Å². The van der Waals surface area contributed by atoms with Gasteiger partial charge < -0.3 is 15.0 Å². The van der Waals surface area contributed by atoms with Crippen molar-refractivity contribution in [1.29, 1.82) is 0 Å². The molecule has 8 nitrogen and oxygen atoms in total. The van der Waals surface area contributed by atoms with Crippen LogP contribution in [0.3, 0.4) is 0 Å². The predicted octanol–water partition coefficient (Wildman–Crippen LogP) is -0.665. The second-order valence-electron chi connectivity index (χ2n) is 6.99. The Labute approximate surface area is 147 Å². The molecule has 1 amide bonds. The summed E-state index contributed by atoms with van der Waals surface area (Å²) < 4.78 is 6.11. The van der Waals surface area contributed by atoms with Gasteiger partial charge in [-0.25, -0.2) is 4.79 Å². The lowest BCUT2D eigenvalue weighted by atomic mass is 9.91. The van der Waals surface area contributed by atoms with Gasteiger partial charge in [-0.15, -0.1) is 0 Å². The van der Waals surface area contributed by atoms with Crippen LogP contribution in [0.4, 0.5) is 0 Å². The maximum Gasteiger partial charge on any atom is 0.328 e. The minimum Gasteiger partial charge on any atom is -0.383 e. The summed E-state index contributed by atoms with van der Waals surface area (Å²) >= 11 is 0. The van der Waals surface area contributed by atoms with E-state index in [1.165, 1.54) is 13.2 Å². The van der Waals surface area contributed by atoms with Crippen molar-refractivity contribution in [3.63, 3.8) is 0 Å². The molecule has 0 spiro atoms. The van der Waals surface area contributed by atoms with Crippen molar-refractivity contribution in [3.8, 4) is 0 Å². The summed E-state index contributed by atoms with van der Waals surface area (Å²) in [5.41, 5.74) is -0.638. The Morgan fingerprint density at radius 2 is 2.12 bits per heavy atom. The third kappa shape index (κ3) is 4.79. The van der Waals surface area contributed by atoms with Crippen molar-refractivity contribution in [2.24, 2.45) is 18.9 Å². The molecular formula is C17H28N4O4. The largest absolute Gasteiger partial charge is 0.383 e. The number of rotatable bonds is 7. The van der Waals surface area contributed by atoms with Crippen molar-refractivity contribution in [2.45, 2.75) is 26.3 Å². The van der Waals surface area contributed by atoms with Crippen LogP contribution >= 0.6 is 0 Å². The highest BCUT2D eigenvalue weighted by molar-refractivity contribution is 5.78. The average Bonchev–Trinajstić information content (AvgIpc) is 2.96. The zero-order valence-corrected chi connectivity index (χ0v) is 15.4. The summed E-state index contributed by atoms with van der Waals surface area (Å²) in [6.07, 6.45) is 1.28. The van der Waals surface area contributed by atoms with Gasteiger partial charge in [-0.1, -0.05) is 13.8 Å². The number of aromatic amines is 1. The van der Waals surface area contributed by atoms with Crippen LogP contribution in [0, 0.1) is 11.8 Å². The number of nitrogens with zero attached hydrogens (tertiary/aromatic N) is 2. The van der Waals surface area contributed by atoms with E-state index in [2.05, 4.69) is 29.0 Å². The third-order valence-electron chi connectivity index (χ3n) is 4.86. The Morgan fingerprint density at radius 1 is 1.40 bits per heavy atom. The molecule has 0 bridgehead atoms. The fraction of sp³-hybridized carbons (Fsp3) is 0.706. The van der Waals surface area contributed by atoms with Crippen molar-refractivity contribution < 1.29 is 9.53 Å². The molecule has 1 aliphatic rings. The first-order valence-corrected chi connectivity index (χ1v) is 8.61. The van der Waals surface area contributed by atoms with E-state index in [0.29, 0.717) is 18.4 Å². The SMILES string of the molecule is COCCN1C[C@H](NC(=O)Cc2c[nH]c(=O)n(C)c2=O)[C@@H](C(C)C)C1. The first kappa shape index (κ1) is 19.4. The van der Waals surface area contributed by atoms with Gasteiger partial charge in [0, 0.05) is 51.6 Å². The smallest absolute Gasteiger partial charge is 0.328 e. The van der Waals surface area contributed by atoms with Crippen molar-refractivity contribution in [1.82, 2.24) is 19.8 Å². The van der Waals surface area contributed by atoms with Crippen LogP contribution < -0.4 is 16.6 Å². The highest BCUT2D eigenvalue weighted by atomic mass is 16.5. The van der Waals surface area contributed by atoms with E-state index in [0.717, 1.165) is 24.2 Å². The molecule has 0 aromatic carbocycles. The summed E-state index contributed by atoms with van der Waals surface area (Å²) in [5, 5.41) is 3.06. The van der Waals surface area contributed by atoms with E-state index in [1.54, 1.807) is 7.11 Å². The van der Waals surface area contributed by atoms with Crippen molar-refractivity contribution in [2.75, 3.05) is 33.4 Å². The molecule has 2 atom stereocenters. The fourth-order valence-corrected chi connectivity index (χ4v) is 3.32. The molecule has 1 aromatic heterocycles. The normalized spacial score (nSPS) is 21.0. The Hall–Kier alpha value is -1.93. The molecule has 0 saturated carbocycles. The lowest BCUT2D eigenvalue weighted by Crippen LogP contribution is -2.44. The van der Waals surface area contributed by atoms with Gasteiger partial charge in [0.1, 0.15) is 0 Å². The van der Waals surface area contributed by atoms with Gasteiger partial charge in [0.25, 0.3) is 5.56 Å². The topological polar surface area (TPSA) is 96.4 Å². The molecule has 1 fully saturated rings. The standard InChI is InChI=1S/C17H28N4O4/c1-11(2)13-9-21(5-6-25-4)10-14(13)19-15(22)7-12-8-18-17(24)20(3)16(12)23/h8,11,13-14H,5-7,9-10H2,1-4H3,(H,18,24)(H,19,22)/t13-,14+/m1/s1. The van der Waals surface area contributed by atoms with E-state index in [9.17, 15) is 14.4 Å². The molecule has 140 valence electrons. The number of amides is 1. The van der Waals surface area contributed by atoms with Gasteiger partial charge in [0.05, 0.1) is 13.0 Å². The lowest BCUT2D eigenvalue weighted by Gasteiger charge is -2.23. The third-order valence-corrected chi connectivity index (χ3v) is 4.86. The number of aromatic nitrogens is 2. The molecule has 2 N–H and O–H groups in total. The van der Waals surface area contributed by atoms with Gasteiger partial charge in [-0.3, -0.25) is 19.1 Å². The number of hydrogen-bond donors (Lipinski definition) is 2. The number of carbonyl (C=O) groups excluding carboxylic acids is 1. The molecule has 1 aliphatic heterocycles.